The average Bonchev–Trinajstić information content (AvgIpc) is 3.17. The van der Waals surface area contributed by atoms with E-state index in [0.29, 0.717) is 12.1 Å². The SMILES string of the molecule is O=C(c1ccc(-n2ccnc2)nc1)N1CCC[C@@H]1CO. The van der Waals surface area contributed by atoms with Gasteiger partial charge in [0.15, 0.2) is 0 Å². The molecule has 20 heavy (non-hydrogen) atoms. The summed E-state index contributed by atoms with van der Waals surface area (Å²) >= 11 is 0. The fraction of sp³-hybridized carbons (Fsp3) is 0.357. The predicted molar refractivity (Wildman–Crippen MR) is 72.5 cm³/mol. The highest BCUT2D eigenvalue weighted by Crippen LogP contribution is 2.19. The Labute approximate surface area is 116 Å². The van der Waals surface area contributed by atoms with Crippen LogP contribution in [0, 0.1) is 0 Å². The standard InChI is InChI=1S/C14H16N4O2/c19-9-12-2-1-6-18(12)14(20)11-3-4-13(16-8-11)17-7-5-15-10-17/h3-5,7-8,10,12,19H,1-2,6,9H2/t12-/m1/s1. The molecular weight excluding hydrogens is 256 g/mol. The Kier molecular flexibility index (Phi) is 3.47. The molecule has 2 aromatic rings. The van der Waals surface area contributed by atoms with Crippen LogP contribution < -0.4 is 0 Å². The number of likely N-dealkylation sites (tertiary alicyclic amines) is 1. The third-order valence-electron chi connectivity index (χ3n) is 3.61. The highest BCUT2D eigenvalue weighted by atomic mass is 16.3. The number of imidazole rings is 1. The number of aliphatic hydroxyl groups is 1. The Morgan fingerprint density at radius 1 is 1.45 bits per heavy atom. The van der Waals surface area contributed by atoms with Gasteiger partial charge in [0.25, 0.3) is 5.91 Å². The summed E-state index contributed by atoms with van der Waals surface area (Å²) in [6.07, 6.45) is 8.51. The molecule has 1 aliphatic rings. The lowest BCUT2D eigenvalue weighted by molar-refractivity contribution is 0.0677. The Morgan fingerprint density at radius 3 is 3.00 bits per heavy atom. The number of aromatic nitrogens is 3. The van der Waals surface area contributed by atoms with Gasteiger partial charge >= 0.3 is 0 Å². The zero-order valence-corrected chi connectivity index (χ0v) is 11.0. The van der Waals surface area contributed by atoms with Crippen LogP contribution in [0.4, 0.5) is 0 Å². The summed E-state index contributed by atoms with van der Waals surface area (Å²) in [7, 11) is 0. The van der Waals surface area contributed by atoms with Gasteiger partial charge in [0.1, 0.15) is 12.1 Å². The molecule has 1 fully saturated rings. The van der Waals surface area contributed by atoms with Gasteiger partial charge in [-0.2, -0.15) is 0 Å². The van der Waals surface area contributed by atoms with Crippen molar-refractivity contribution in [2.45, 2.75) is 18.9 Å². The van der Waals surface area contributed by atoms with Crippen LogP contribution in [-0.2, 0) is 0 Å². The molecule has 0 unspecified atom stereocenters. The van der Waals surface area contributed by atoms with Gasteiger partial charge in [-0.3, -0.25) is 9.36 Å². The highest BCUT2D eigenvalue weighted by Gasteiger charge is 2.28. The number of hydrogen-bond donors (Lipinski definition) is 1. The molecule has 0 bridgehead atoms. The van der Waals surface area contributed by atoms with Crippen LogP contribution >= 0.6 is 0 Å². The fourth-order valence-corrected chi connectivity index (χ4v) is 2.52. The summed E-state index contributed by atoms with van der Waals surface area (Å²) in [5.41, 5.74) is 0.550. The van der Waals surface area contributed by atoms with Crippen molar-refractivity contribution in [3.8, 4) is 5.82 Å². The maximum Gasteiger partial charge on any atom is 0.255 e. The first-order valence-corrected chi connectivity index (χ1v) is 6.66. The van der Waals surface area contributed by atoms with Crippen LogP contribution in [0.5, 0.6) is 0 Å². The maximum absolute atomic E-state index is 12.4. The third kappa shape index (κ3) is 2.30. The Morgan fingerprint density at radius 2 is 2.35 bits per heavy atom. The van der Waals surface area contributed by atoms with Crippen LogP contribution in [0.15, 0.2) is 37.1 Å². The molecule has 1 N–H and O–H groups in total. The molecule has 2 aromatic heterocycles. The average molecular weight is 272 g/mol. The molecule has 0 spiro atoms. The van der Waals surface area contributed by atoms with Gasteiger partial charge in [0.05, 0.1) is 18.2 Å². The van der Waals surface area contributed by atoms with E-state index >= 15 is 0 Å². The van der Waals surface area contributed by atoms with E-state index in [9.17, 15) is 9.90 Å². The number of carbonyl (C=O) groups is 1. The van der Waals surface area contributed by atoms with Crippen LogP contribution in [-0.4, -0.2) is 49.6 Å². The molecule has 3 rings (SSSR count). The van der Waals surface area contributed by atoms with Gasteiger partial charge in [-0.05, 0) is 25.0 Å². The van der Waals surface area contributed by atoms with E-state index < -0.39 is 0 Å². The van der Waals surface area contributed by atoms with Gasteiger partial charge in [-0.1, -0.05) is 0 Å². The molecule has 0 aliphatic carbocycles. The van der Waals surface area contributed by atoms with Gasteiger partial charge in [-0.15, -0.1) is 0 Å². The third-order valence-corrected chi connectivity index (χ3v) is 3.61. The first-order chi connectivity index (χ1) is 9.79. The molecule has 0 radical (unpaired) electrons. The number of rotatable bonds is 3. The molecule has 1 saturated heterocycles. The molecule has 6 heteroatoms. The summed E-state index contributed by atoms with van der Waals surface area (Å²) in [6, 6.07) is 3.49. The Bertz CT molecular complexity index is 580. The number of amides is 1. The molecule has 1 aliphatic heterocycles. The first kappa shape index (κ1) is 12.8. The normalized spacial score (nSPS) is 18.4. The summed E-state index contributed by atoms with van der Waals surface area (Å²) in [5, 5.41) is 9.28. The molecule has 0 saturated carbocycles. The Hall–Kier alpha value is -2.21. The van der Waals surface area contributed by atoms with Crippen LogP contribution in [0.25, 0.3) is 5.82 Å². The highest BCUT2D eigenvalue weighted by molar-refractivity contribution is 5.94. The predicted octanol–water partition coefficient (Wildman–Crippen LogP) is 0.864. The second-order valence-corrected chi connectivity index (χ2v) is 4.85. The zero-order valence-electron chi connectivity index (χ0n) is 11.0. The van der Waals surface area contributed by atoms with Gasteiger partial charge in [0, 0.05) is 25.1 Å². The molecular formula is C14H16N4O2. The summed E-state index contributed by atoms with van der Waals surface area (Å²) < 4.78 is 1.78. The minimum absolute atomic E-state index is 0.0201. The fourth-order valence-electron chi connectivity index (χ4n) is 2.52. The van der Waals surface area contributed by atoms with Crippen molar-refractivity contribution in [2.75, 3.05) is 13.2 Å². The molecule has 104 valence electrons. The maximum atomic E-state index is 12.4. The summed E-state index contributed by atoms with van der Waals surface area (Å²) in [5.74, 6) is 0.658. The molecule has 6 nitrogen and oxygen atoms in total. The second-order valence-electron chi connectivity index (χ2n) is 4.85. The number of pyridine rings is 1. The van der Waals surface area contributed by atoms with Crippen molar-refractivity contribution in [2.24, 2.45) is 0 Å². The van der Waals surface area contributed by atoms with E-state index in [1.54, 1.807) is 46.5 Å². The number of carbonyl (C=O) groups excluding carboxylic acids is 1. The van der Waals surface area contributed by atoms with E-state index in [0.717, 1.165) is 18.7 Å². The van der Waals surface area contributed by atoms with Crippen molar-refractivity contribution < 1.29 is 9.90 Å². The monoisotopic (exact) mass is 272 g/mol. The van der Waals surface area contributed by atoms with Gasteiger partial charge in [0.2, 0.25) is 0 Å². The first-order valence-electron chi connectivity index (χ1n) is 6.66. The van der Waals surface area contributed by atoms with E-state index in [4.69, 9.17) is 0 Å². The minimum Gasteiger partial charge on any atom is -0.394 e. The lowest BCUT2D eigenvalue weighted by Gasteiger charge is -2.22. The zero-order chi connectivity index (χ0) is 13.9. The smallest absolute Gasteiger partial charge is 0.255 e. The second kappa shape index (κ2) is 5.42. The molecule has 1 amide bonds. The van der Waals surface area contributed by atoms with Crippen LogP contribution in [0.1, 0.15) is 23.2 Å². The lowest BCUT2D eigenvalue weighted by Crippen LogP contribution is -2.37. The minimum atomic E-state index is -0.0637. The van der Waals surface area contributed by atoms with E-state index in [1.165, 1.54) is 0 Å². The number of hydrogen-bond acceptors (Lipinski definition) is 4. The quantitative estimate of drug-likeness (QED) is 0.899. The molecule has 1 atom stereocenters. The van der Waals surface area contributed by atoms with E-state index in [1.807, 2.05) is 0 Å². The van der Waals surface area contributed by atoms with Crippen LogP contribution in [0.3, 0.4) is 0 Å². The van der Waals surface area contributed by atoms with Gasteiger partial charge in [-0.25, -0.2) is 9.97 Å². The van der Waals surface area contributed by atoms with Crippen LogP contribution in [0.2, 0.25) is 0 Å². The molecule has 0 aromatic carbocycles. The number of nitrogens with zero attached hydrogens (tertiary/aromatic N) is 4. The number of aliphatic hydroxyl groups excluding tert-OH is 1. The van der Waals surface area contributed by atoms with Crippen molar-refractivity contribution in [1.29, 1.82) is 0 Å². The van der Waals surface area contributed by atoms with Crippen molar-refractivity contribution in [3.05, 3.63) is 42.6 Å². The largest absolute Gasteiger partial charge is 0.394 e. The Balaban J connectivity index is 1.79. The summed E-state index contributed by atoms with van der Waals surface area (Å²) in [4.78, 5) is 22.3. The molecule has 3 heterocycles. The van der Waals surface area contributed by atoms with Crippen molar-refractivity contribution in [1.82, 2.24) is 19.4 Å². The topological polar surface area (TPSA) is 71.2 Å². The van der Waals surface area contributed by atoms with Crippen molar-refractivity contribution in [3.63, 3.8) is 0 Å². The van der Waals surface area contributed by atoms with Gasteiger partial charge < -0.3 is 10.0 Å². The lowest BCUT2D eigenvalue weighted by atomic mass is 10.2. The summed E-state index contributed by atoms with van der Waals surface area (Å²) in [6.45, 7) is 0.722. The van der Waals surface area contributed by atoms with E-state index in [-0.39, 0.29) is 18.6 Å². The van der Waals surface area contributed by atoms with E-state index in [2.05, 4.69) is 9.97 Å². The van der Waals surface area contributed by atoms with Crippen molar-refractivity contribution >= 4 is 5.91 Å².